The number of methoxy groups -OCH3 is 4. The molecule has 0 saturated carbocycles. The molecule has 8 rings (SSSR count). The van der Waals surface area contributed by atoms with Crippen molar-refractivity contribution in [2.75, 3.05) is 41.6 Å². The van der Waals surface area contributed by atoms with Crippen LogP contribution in [0.2, 0.25) is 0 Å². The predicted octanol–water partition coefficient (Wildman–Crippen LogP) is 6.39. The van der Waals surface area contributed by atoms with Crippen LogP contribution in [0.4, 0.5) is 9.59 Å². The summed E-state index contributed by atoms with van der Waals surface area (Å²) in [4.78, 5) is 72.8. The zero-order chi connectivity index (χ0) is 44.7. The molecular weight excluding hydrogens is 809 g/mol. The fourth-order valence-corrected chi connectivity index (χ4v) is 9.44. The number of fused-ring (bicyclic) bond motifs is 6. The number of nitrogens with one attached hydrogen (secondary N) is 4. The molecule has 63 heavy (non-hydrogen) atoms. The predicted molar refractivity (Wildman–Crippen MR) is 234 cm³/mol. The monoisotopic (exact) mass is 864 g/mol. The molecule has 2 saturated heterocycles. The summed E-state index contributed by atoms with van der Waals surface area (Å²) < 4.78 is 27.0. The van der Waals surface area contributed by atoms with Crippen molar-refractivity contribution in [1.82, 2.24) is 40.4 Å². The Morgan fingerprint density at radius 1 is 0.873 bits per heavy atom. The lowest BCUT2D eigenvalue weighted by atomic mass is 9.92. The number of hydrogen-bond acceptors (Lipinski definition) is 11. The highest BCUT2D eigenvalue weighted by Gasteiger charge is 2.43. The molecule has 17 nitrogen and oxygen atoms in total. The van der Waals surface area contributed by atoms with Gasteiger partial charge in [0.2, 0.25) is 11.8 Å². The van der Waals surface area contributed by atoms with Crippen LogP contribution in [-0.2, 0) is 35.1 Å². The number of H-pyrrole nitrogens is 2. The van der Waals surface area contributed by atoms with Gasteiger partial charge in [0, 0.05) is 43.7 Å². The fraction of sp³-hybridized carbons (Fsp3) is 0.478. The zero-order valence-electron chi connectivity index (χ0n) is 36.9. The summed E-state index contributed by atoms with van der Waals surface area (Å²) in [6.07, 6.45) is 1.99. The van der Waals surface area contributed by atoms with Crippen LogP contribution >= 0.6 is 0 Å². The number of alkyl carbamates (subject to hydrolysis) is 2. The van der Waals surface area contributed by atoms with Gasteiger partial charge in [0.15, 0.2) is 0 Å². The molecule has 0 spiro atoms. The van der Waals surface area contributed by atoms with Gasteiger partial charge >= 0.3 is 12.2 Å². The third-order valence-electron chi connectivity index (χ3n) is 12.9. The van der Waals surface area contributed by atoms with E-state index in [9.17, 15) is 19.2 Å². The third-order valence-corrected chi connectivity index (χ3v) is 12.9. The molecule has 0 radical (unpaired) electrons. The number of rotatable bonds is 12. The third kappa shape index (κ3) is 8.26. The molecule has 0 unspecified atom stereocenters. The molecule has 2 fully saturated rings. The van der Waals surface area contributed by atoms with Crippen molar-refractivity contribution in [2.45, 2.75) is 89.9 Å². The van der Waals surface area contributed by atoms with Crippen LogP contribution in [0, 0.1) is 11.8 Å². The SMILES string of the molecule is COC[C@H]1C[C@@H](c2ncc(-c3ccc4c(c3)COc3cc5c(ccc6nc([C@@H]7CC[C@H](C)N7C(=O)[C@@H](NC(=O)OC)C(C)C)[nH]c65)cc3-4)[nH]2)N(C(=O)[C@@H](NC(=O)OC)[C@@H](C)OC)C1. The number of amides is 4. The first-order valence-corrected chi connectivity index (χ1v) is 21.4. The lowest BCUT2D eigenvalue weighted by Gasteiger charge is -2.32. The normalized spacial score (nSPS) is 20.8. The Morgan fingerprint density at radius 3 is 2.35 bits per heavy atom. The summed E-state index contributed by atoms with van der Waals surface area (Å²) in [5.74, 6) is 1.57. The molecular formula is C46H56N8O9. The quantitative estimate of drug-likeness (QED) is 0.108. The number of imidazole rings is 2. The minimum Gasteiger partial charge on any atom is -0.488 e. The largest absolute Gasteiger partial charge is 0.488 e. The second-order valence-corrected chi connectivity index (χ2v) is 17.2. The Morgan fingerprint density at radius 2 is 1.63 bits per heavy atom. The van der Waals surface area contributed by atoms with Crippen molar-refractivity contribution in [1.29, 1.82) is 0 Å². The van der Waals surface area contributed by atoms with Crippen molar-refractivity contribution in [2.24, 2.45) is 11.8 Å². The lowest BCUT2D eigenvalue weighted by Crippen LogP contribution is -2.54. The molecule has 4 N–H and O–H groups in total. The average molecular weight is 865 g/mol. The number of benzene rings is 3. The molecule has 17 heteroatoms. The Kier molecular flexibility index (Phi) is 12.3. The maximum absolute atomic E-state index is 14.0. The summed E-state index contributed by atoms with van der Waals surface area (Å²) in [5, 5.41) is 7.35. The van der Waals surface area contributed by atoms with Gasteiger partial charge in [0.1, 0.15) is 36.1 Å². The van der Waals surface area contributed by atoms with E-state index in [1.54, 1.807) is 25.1 Å². The maximum atomic E-state index is 14.0. The average Bonchev–Trinajstić information content (AvgIpc) is 4.11. The fourth-order valence-electron chi connectivity index (χ4n) is 9.44. The molecule has 5 heterocycles. The topological polar surface area (TPSA) is 202 Å². The van der Waals surface area contributed by atoms with Crippen LogP contribution < -0.4 is 15.4 Å². The molecule has 3 aliphatic heterocycles. The summed E-state index contributed by atoms with van der Waals surface area (Å²) in [7, 11) is 5.68. The van der Waals surface area contributed by atoms with Gasteiger partial charge < -0.3 is 54.1 Å². The van der Waals surface area contributed by atoms with Crippen LogP contribution in [0.25, 0.3) is 44.2 Å². The van der Waals surface area contributed by atoms with E-state index in [2.05, 4.69) is 57.0 Å². The number of hydrogen-bond donors (Lipinski definition) is 4. The van der Waals surface area contributed by atoms with Crippen LogP contribution in [0.5, 0.6) is 5.75 Å². The highest BCUT2D eigenvalue weighted by atomic mass is 16.5. The molecule has 4 amide bonds. The first kappa shape index (κ1) is 43.4. The Hall–Kier alpha value is -6.20. The summed E-state index contributed by atoms with van der Waals surface area (Å²) in [5.41, 5.74) is 6.43. The van der Waals surface area contributed by atoms with E-state index in [1.165, 1.54) is 21.3 Å². The smallest absolute Gasteiger partial charge is 0.407 e. The van der Waals surface area contributed by atoms with E-state index in [4.69, 9.17) is 33.7 Å². The van der Waals surface area contributed by atoms with E-state index in [0.29, 0.717) is 37.8 Å². The number of carbonyl (C=O) groups excluding carboxylic acids is 4. The van der Waals surface area contributed by atoms with Crippen molar-refractivity contribution in [3.63, 3.8) is 0 Å². The van der Waals surface area contributed by atoms with Gasteiger partial charge in [0.05, 0.1) is 61.9 Å². The standard InChI is InChI=1S/C46H56N8O9/c1-23(2)38(51-45(57)61-7)44(56)54-24(3)9-14-35(54)42-48-33-13-11-27-17-32-30-12-10-28(16-29(30)22-63-37(32)18-31(27)40(33)50-42)34-19-47-41(49-34)36-15-26(21-59-5)20-53(36)43(55)39(25(4)60-6)52-46(58)62-8/h10-13,16-19,23-26,35-36,38-39H,9,14-15,20-22H2,1-8H3,(H,47,49)(H,48,50)(H,51,57)(H,52,58)/t24-,25+,26-,35-,36-,38-,39-/m0/s1. The van der Waals surface area contributed by atoms with Gasteiger partial charge in [0.25, 0.3) is 0 Å². The van der Waals surface area contributed by atoms with Gasteiger partial charge in [-0.1, -0.05) is 32.0 Å². The molecule has 334 valence electrons. The van der Waals surface area contributed by atoms with Gasteiger partial charge in [-0.15, -0.1) is 0 Å². The minimum absolute atomic E-state index is 0.0341. The minimum atomic E-state index is -0.963. The van der Waals surface area contributed by atoms with Gasteiger partial charge in [-0.3, -0.25) is 9.59 Å². The number of ether oxygens (including phenoxy) is 5. The van der Waals surface area contributed by atoms with E-state index in [-0.39, 0.29) is 41.8 Å². The highest BCUT2D eigenvalue weighted by Crippen LogP contribution is 2.44. The second-order valence-electron chi connectivity index (χ2n) is 17.2. The van der Waals surface area contributed by atoms with Crippen molar-refractivity contribution in [3.8, 4) is 28.1 Å². The van der Waals surface area contributed by atoms with E-state index in [0.717, 1.165) is 68.3 Å². The summed E-state index contributed by atoms with van der Waals surface area (Å²) >= 11 is 0. The van der Waals surface area contributed by atoms with E-state index < -0.39 is 30.4 Å². The second kappa shape index (κ2) is 17.9. The Balaban J connectivity index is 1.05. The molecule has 0 bridgehead atoms. The van der Waals surface area contributed by atoms with E-state index >= 15 is 0 Å². The first-order chi connectivity index (χ1) is 30.3. The van der Waals surface area contributed by atoms with Crippen molar-refractivity contribution < 1.29 is 42.9 Å². The first-order valence-electron chi connectivity index (χ1n) is 21.4. The molecule has 3 aliphatic rings. The number of aromatic nitrogens is 4. The number of carbonyl (C=O) groups is 4. The van der Waals surface area contributed by atoms with Crippen LogP contribution in [0.15, 0.2) is 48.7 Å². The van der Waals surface area contributed by atoms with Crippen molar-refractivity contribution >= 4 is 45.8 Å². The van der Waals surface area contributed by atoms with Crippen molar-refractivity contribution in [3.05, 3.63) is 65.9 Å². The van der Waals surface area contributed by atoms with Crippen LogP contribution in [-0.4, -0.2) is 120 Å². The van der Waals surface area contributed by atoms with Crippen LogP contribution in [0.3, 0.4) is 0 Å². The number of nitrogens with zero attached hydrogens (tertiary/aromatic N) is 4. The van der Waals surface area contributed by atoms with Gasteiger partial charge in [-0.05, 0) is 85.4 Å². The molecule has 7 atom stereocenters. The molecule has 5 aromatic rings. The Bertz CT molecular complexity index is 2540. The Labute approximate surface area is 365 Å². The summed E-state index contributed by atoms with van der Waals surface area (Å²) in [6.45, 7) is 8.82. The van der Waals surface area contributed by atoms with Gasteiger partial charge in [-0.2, -0.15) is 0 Å². The number of aromatic amines is 2. The molecule has 0 aliphatic carbocycles. The zero-order valence-corrected chi connectivity index (χ0v) is 36.9. The number of likely N-dealkylation sites (tertiary alicyclic amines) is 2. The summed E-state index contributed by atoms with van der Waals surface area (Å²) in [6, 6.07) is 12.1. The van der Waals surface area contributed by atoms with Crippen LogP contribution in [0.1, 0.15) is 76.3 Å². The van der Waals surface area contributed by atoms with Gasteiger partial charge in [-0.25, -0.2) is 19.6 Å². The molecule has 2 aromatic heterocycles. The van der Waals surface area contributed by atoms with E-state index in [1.807, 2.05) is 31.7 Å². The highest BCUT2D eigenvalue weighted by molar-refractivity contribution is 6.07. The molecule has 3 aromatic carbocycles. The lowest BCUT2D eigenvalue weighted by molar-refractivity contribution is -0.138. The maximum Gasteiger partial charge on any atom is 0.407 e.